The summed E-state index contributed by atoms with van der Waals surface area (Å²) in [5.74, 6) is -4.82. The molecule has 6 aromatic rings. The Balaban J connectivity index is 0.725. The second-order valence-electron chi connectivity index (χ2n) is 20.9. The smallest absolute Gasteiger partial charge is 0.277 e. The van der Waals surface area contributed by atoms with Crippen molar-refractivity contribution in [1.82, 2.24) is 40.4 Å². The van der Waals surface area contributed by atoms with Crippen molar-refractivity contribution >= 4 is 68.5 Å². The van der Waals surface area contributed by atoms with E-state index in [0.717, 1.165) is 82.8 Å². The highest BCUT2D eigenvalue weighted by Crippen LogP contribution is 2.34. The number of aromatic nitrogens is 3. The van der Waals surface area contributed by atoms with Crippen LogP contribution in [0.2, 0.25) is 0 Å². The molecule has 3 saturated heterocycles. The van der Waals surface area contributed by atoms with E-state index in [0.29, 0.717) is 34.0 Å². The number of alkyl halides is 1. The van der Waals surface area contributed by atoms with E-state index in [2.05, 4.69) is 35.4 Å². The molecule has 3 aliphatic rings. The number of halogens is 3. The van der Waals surface area contributed by atoms with Crippen LogP contribution >= 0.6 is 11.3 Å². The summed E-state index contributed by atoms with van der Waals surface area (Å²) >= 11 is -1.28. The number of aromatic amines is 1. The number of nitrogens with one attached hydrogen (secondary N) is 3. The predicted molar refractivity (Wildman–Crippen MR) is 291 cm³/mol. The molecule has 0 saturated carbocycles. The molecule has 18 nitrogen and oxygen atoms in total. The van der Waals surface area contributed by atoms with Crippen LogP contribution in [0.4, 0.5) is 24.5 Å². The summed E-state index contributed by atoms with van der Waals surface area (Å²) in [6.45, 7) is 11.4. The minimum absolute atomic E-state index is 0.0209. The van der Waals surface area contributed by atoms with Gasteiger partial charge in [-0.15, -0.1) is 11.3 Å². The van der Waals surface area contributed by atoms with Crippen LogP contribution in [0, 0.1) is 24.0 Å². The fourth-order valence-electron chi connectivity index (χ4n) is 10.2. The summed E-state index contributed by atoms with van der Waals surface area (Å²) < 4.78 is 74.1. The van der Waals surface area contributed by atoms with Crippen molar-refractivity contribution < 1.29 is 51.0 Å². The third kappa shape index (κ3) is 12.6. The molecule has 9 rings (SSSR count). The van der Waals surface area contributed by atoms with Gasteiger partial charge >= 0.3 is 0 Å². The number of amides is 3. The summed E-state index contributed by atoms with van der Waals surface area (Å²) in [7, 11) is 0. The second-order valence-corrected chi connectivity index (χ2v) is 22.6. The maximum absolute atomic E-state index is 16.1. The molecule has 3 fully saturated rings. The lowest BCUT2D eigenvalue weighted by molar-refractivity contribution is -0.144. The molecule has 3 amide bonds. The van der Waals surface area contributed by atoms with E-state index in [4.69, 9.17) is 4.74 Å². The lowest BCUT2D eigenvalue weighted by Gasteiger charge is -2.36. The number of aliphatic hydroxyl groups excluding tert-OH is 1. The molecular formula is C55H63F3N10O8S2. The monoisotopic (exact) mass is 1110 g/mol. The van der Waals surface area contributed by atoms with Crippen molar-refractivity contribution in [3.05, 3.63) is 119 Å². The van der Waals surface area contributed by atoms with Crippen LogP contribution in [0.5, 0.6) is 0 Å². The quantitative estimate of drug-likeness (QED) is 0.0337. The van der Waals surface area contributed by atoms with Crippen molar-refractivity contribution in [2.45, 2.75) is 77.9 Å². The first-order valence-electron chi connectivity index (χ1n) is 25.8. The zero-order chi connectivity index (χ0) is 55.4. The molecule has 0 aliphatic carbocycles. The molecule has 3 aliphatic heterocycles. The highest BCUT2D eigenvalue weighted by Gasteiger charge is 2.44. The Morgan fingerprint density at radius 3 is 2.36 bits per heavy atom. The number of hydrogen-bond acceptors (Lipinski definition) is 13. The number of carbonyl (C=O) groups is 4. The van der Waals surface area contributed by atoms with Gasteiger partial charge in [-0.2, -0.15) is 4.41 Å². The van der Waals surface area contributed by atoms with Crippen molar-refractivity contribution in [2.24, 2.45) is 5.41 Å². The van der Waals surface area contributed by atoms with Crippen LogP contribution in [-0.4, -0.2) is 157 Å². The molecule has 6 heterocycles. The summed E-state index contributed by atoms with van der Waals surface area (Å²) in [5, 5.41) is 17.9. The molecule has 78 heavy (non-hydrogen) atoms. The number of carbonyl (C=O) groups excluding carboxylic acids is 4. The number of β-amino-alcohol motifs (C(OH)–C–C–N with tert-alkyl or cyclic N) is 1. The molecule has 0 spiro atoms. The molecular weight excluding hydrogens is 1050 g/mol. The number of rotatable bonds is 19. The Bertz CT molecular complexity index is 3170. The van der Waals surface area contributed by atoms with Gasteiger partial charge in [-0.05, 0) is 72.2 Å². The van der Waals surface area contributed by atoms with Gasteiger partial charge < -0.3 is 35.3 Å². The number of pyridine rings is 1. The normalized spacial score (nSPS) is 19.1. The third-order valence-corrected chi connectivity index (χ3v) is 16.1. The van der Waals surface area contributed by atoms with Crippen LogP contribution in [-0.2, 0) is 36.9 Å². The number of aryl methyl sites for hydroxylation is 1. The van der Waals surface area contributed by atoms with Crippen molar-refractivity contribution in [2.75, 3.05) is 74.9 Å². The summed E-state index contributed by atoms with van der Waals surface area (Å²) in [5.41, 5.74) is 5.18. The minimum atomic E-state index is -2.84. The molecule has 3 aromatic heterocycles. The summed E-state index contributed by atoms with van der Waals surface area (Å²) in [6.07, 6.45) is 1.56. The fraction of sp³-hybridized carbons (Fsp3) is 0.418. The number of hydrazine groups is 1. The van der Waals surface area contributed by atoms with E-state index in [-0.39, 0.29) is 57.1 Å². The van der Waals surface area contributed by atoms with Crippen molar-refractivity contribution in [3.8, 4) is 21.6 Å². The van der Waals surface area contributed by atoms with E-state index in [1.165, 1.54) is 11.1 Å². The van der Waals surface area contributed by atoms with Gasteiger partial charge in [0.1, 0.15) is 42.0 Å². The number of hydrogen-bond donors (Lipinski definition) is 5. The second kappa shape index (κ2) is 24.2. The van der Waals surface area contributed by atoms with E-state index < -0.39 is 81.5 Å². The van der Waals surface area contributed by atoms with Crippen LogP contribution in [0.3, 0.4) is 0 Å². The van der Waals surface area contributed by atoms with Crippen LogP contribution in [0.1, 0.15) is 67.2 Å². The highest BCUT2D eigenvalue weighted by atomic mass is 32.2. The molecule has 3 aromatic carbocycles. The van der Waals surface area contributed by atoms with Gasteiger partial charge in [0.05, 0.1) is 34.3 Å². The number of benzene rings is 3. The number of thiazole rings is 1. The van der Waals surface area contributed by atoms with Crippen molar-refractivity contribution in [1.29, 1.82) is 0 Å². The molecule has 0 radical (unpaired) electrons. The highest BCUT2D eigenvalue weighted by molar-refractivity contribution is 7.80. The minimum Gasteiger partial charge on any atom is -0.391 e. The van der Waals surface area contributed by atoms with E-state index >= 15 is 8.78 Å². The molecule has 5 atom stereocenters. The number of piperazine rings is 1. The summed E-state index contributed by atoms with van der Waals surface area (Å²) in [4.78, 5) is 73.4. The number of aliphatic hydroxyl groups is 1. The number of anilines is 2. The largest absolute Gasteiger partial charge is 0.391 e. The molecule has 1 unspecified atom stereocenters. The van der Waals surface area contributed by atoms with Gasteiger partial charge in [-0.3, -0.25) is 28.6 Å². The number of H-pyrrole nitrogens is 1. The van der Waals surface area contributed by atoms with Gasteiger partial charge in [-0.1, -0.05) is 57.2 Å². The number of fused-ring (bicyclic) bond motifs is 1. The first kappa shape index (κ1) is 56.1. The fourth-order valence-corrected chi connectivity index (χ4v) is 11.7. The van der Waals surface area contributed by atoms with Crippen LogP contribution in [0.25, 0.3) is 32.6 Å². The third-order valence-electron chi connectivity index (χ3n) is 14.4. The molecule has 23 heteroatoms. The topological polar surface area (TPSA) is 217 Å². The Morgan fingerprint density at radius 2 is 1.69 bits per heavy atom. The first-order chi connectivity index (χ1) is 37.3. The summed E-state index contributed by atoms with van der Waals surface area (Å²) in [6, 6.07) is 17.3. The number of likely N-dealkylation sites (tertiary alicyclic amines) is 1. The van der Waals surface area contributed by atoms with Gasteiger partial charge in [0.15, 0.2) is 5.82 Å². The Kier molecular flexibility index (Phi) is 17.4. The lowest BCUT2D eigenvalue weighted by Crippen LogP contribution is -2.58. The Labute approximate surface area is 456 Å². The van der Waals surface area contributed by atoms with Gasteiger partial charge in [-0.25, -0.2) is 32.4 Å². The zero-order valence-electron chi connectivity index (χ0n) is 43.7. The first-order valence-corrected chi connectivity index (χ1v) is 27.8. The maximum atomic E-state index is 16.1. The molecule has 0 bridgehead atoms. The van der Waals surface area contributed by atoms with Crippen molar-refractivity contribution in [3.63, 3.8) is 0 Å². The SMILES string of the molecule is Cc1ncsc1-c1ccc(CNC(=O)[C@@H]2C[C@@H](O)CN2C(=O)[C@@H](NC(=O)COCCCN2CCN(c3ccc(-c4cnc5[nH]cc(C(=O)c6c(F)ccc(N(N7CC[C@@H](F)C7)S(=O)O)c6F)c5c4)cc3)CC2)C(C)(C)C)cc1. The molecule has 414 valence electrons. The average Bonchev–Trinajstić information content (AvgIpc) is 4.27. The van der Waals surface area contributed by atoms with Gasteiger partial charge in [0, 0.05) is 100.0 Å². The Morgan fingerprint density at radius 1 is 0.962 bits per heavy atom. The Hall–Kier alpha value is -6.60. The molecule has 5 N–H and O–H groups in total. The zero-order valence-corrected chi connectivity index (χ0v) is 45.3. The van der Waals surface area contributed by atoms with Crippen LogP contribution in [0.15, 0.2) is 84.6 Å². The number of nitrogens with zero attached hydrogens (tertiary/aromatic N) is 7. The van der Waals surface area contributed by atoms with Crippen LogP contribution < -0.4 is 19.9 Å². The number of ether oxygens (including phenoxy) is 1. The predicted octanol–water partition coefficient (Wildman–Crippen LogP) is 6.41. The van der Waals surface area contributed by atoms with E-state index in [9.17, 15) is 37.4 Å². The lowest BCUT2D eigenvalue weighted by atomic mass is 9.85. The van der Waals surface area contributed by atoms with E-state index in [1.807, 2.05) is 76.2 Å². The van der Waals surface area contributed by atoms with Gasteiger partial charge in [0.2, 0.25) is 23.5 Å². The average molecular weight is 1110 g/mol. The van der Waals surface area contributed by atoms with Gasteiger partial charge in [0.25, 0.3) is 11.3 Å². The van der Waals surface area contributed by atoms with E-state index in [1.54, 1.807) is 29.1 Å². The number of ketones is 1. The maximum Gasteiger partial charge on any atom is 0.277 e. The standard InChI is InChI=1S/C55H63F3N10O8S2/c1-33-50(77-32-62-33)36-8-6-34(7-9-36)26-61-53(72)45-25-40(69)30-67(45)54(73)51(55(2,3)4)63-46(70)31-76-23-5-17-64-19-21-65(22-20-64)39-12-10-35(11-13-39)37-24-41-42(28-60-52(41)59-27-37)49(71)47-43(57)14-15-44(48(47)58)68(78(74)75)66-18-16-38(56)29-66/h6-15,24,27-28,32,38,40,45,51,69H,5,16-23,25-26,29-31H2,1-4H3,(H,59,60)(H,61,72)(H,63,70)(H,74,75)/t38-,40-,45+,51-/m1/s1.